The summed E-state index contributed by atoms with van der Waals surface area (Å²) in [6.45, 7) is 7.51. The maximum atomic E-state index is 12.3. The molecule has 4 heteroatoms. The van der Waals surface area contributed by atoms with Gasteiger partial charge in [0.15, 0.2) is 5.78 Å². The van der Waals surface area contributed by atoms with Crippen molar-refractivity contribution in [2.45, 2.75) is 45.5 Å². The second kappa shape index (κ2) is 5.57. The lowest BCUT2D eigenvalue weighted by Crippen LogP contribution is -2.38. The molecule has 1 aromatic carbocycles. The number of hydrogen-bond donors (Lipinski definition) is 0. The van der Waals surface area contributed by atoms with Gasteiger partial charge in [-0.25, -0.2) is 0 Å². The van der Waals surface area contributed by atoms with Crippen molar-refractivity contribution >= 4 is 29.0 Å². The third kappa shape index (κ3) is 2.59. The molecule has 1 amide bonds. The lowest BCUT2D eigenvalue weighted by Gasteiger charge is -2.24. The molecule has 1 aliphatic heterocycles. The molecule has 0 aliphatic carbocycles. The number of halogens is 1. The molecule has 0 N–H and O–H groups in total. The van der Waals surface area contributed by atoms with Crippen molar-refractivity contribution in [3.05, 3.63) is 29.3 Å². The highest BCUT2D eigenvalue weighted by Gasteiger charge is 2.32. The van der Waals surface area contributed by atoms with E-state index in [9.17, 15) is 9.59 Å². The summed E-state index contributed by atoms with van der Waals surface area (Å²) in [7, 11) is 0. The number of carbonyl (C=O) groups excluding carboxylic acids is 2. The van der Waals surface area contributed by atoms with Gasteiger partial charge in [-0.05, 0) is 44.0 Å². The van der Waals surface area contributed by atoms with Gasteiger partial charge in [0.25, 0.3) is 0 Å². The van der Waals surface area contributed by atoms with E-state index in [-0.39, 0.29) is 23.7 Å². The fourth-order valence-corrected chi connectivity index (χ4v) is 2.75. The van der Waals surface area contributed by atoms with Gasteiger partial charge in [0.2, 0.25) is 5.91 Å². The molecular formula is C16H20ClNO2. The van der Waals surface area contributed by atoms with Crippen LogP contribution in [0.1, 0.15) is 43.6 Å². The Kier molecular flexibility index (Phi) is 4.19. The summed E-state index contributed by atoms with van der Waals surface area (Å²) in [5.74, 6) is 0.0179. The third-order valence-corrected chi connectivity index (χ3v) is 3.87. The van der Waals surface area contributed by atoms with Crippen molar-refractivity contribution in [3.8, 4) is 0 Å². The molecule has 1 aliphatic rings. The zero-order valence-electron chi connectivity index (χ0n) is 12.3. The molecule has 0 saturated heterocycles. The van der Waals surface area contributed by atoms with Crippen LogP contribution in [0.3, 0.4) is 0 Å². The molecule has 1 heterocycles. The van der Waals surface area contributed by atoms with Gasteiger partial charge in [0.1, 0.15) is 0 Å². The first-order chi connectivity index (χ1) is 9.32. The molecule has 0 saturated carbocycles. The van der Waals surface area contributed by atoms with Crippen LogP contribution >= 0.6 is 11.6 Å². The second-order valence-electron chi connectivity index (χ2n) is 5.74. The Bertz CT molecular complexity index is 551. The molecule has 3 nitrogen and oxygen atoms in total. The number of alkyl halides is 1. The minimum Gasteiger partial charge on any atom is -0.309 e. The number of fused-ring (bicyclic) bond motifs is 1. The predicted molar refractivity (Wildman–Crippen MR) is 81.6 cm³/mol. The number of hydrogen-bond acceptors (Lipinski definition) is 2. The first-order valence-electron chi connectivity index (χ1n) is 6.97. The monoisotopic (exact) mass is 293 g/mol. The summed E-state index contributed by atoms with van der Waals surface area (Å²) >= 11 is 5.85. The number of carbonyl (C=O) groups is 2. The van der Waals surface area contributed by atoms with Gasteiger partial charge >= 0.3 is 0 Å². The smallest absolute Gasteiger partial charge is 0.229 e. The molecule has 108 valence electrons. The zero-order chi connectivity index (χ0) is 15.0. The van der Waals surface area contributed by atoms with Gasteiger partial charge in [-0.2, -0.15) is 0 Å². The molecule has 0 radical (unpaired) electrons. The normalized spacial score (nSPS) is 19.1. The van der Waals surface area contributed by atoms with Crippen LogP contribution in [0, 0.1) is 5.92 Å². The number of Topliss-reactive ketones (excluding diaryl/α,β-unsaturated/α-hetero) is 1. The van der Waals surface area contributed by atoms with E-state index in [1.165, 1.54) is 0 Å². The van der Waals surface area contributed by atoms with Crippen molar-refractivity contribution < 1.29 is 9.59 Å². The summed E-state index contributed by atoms with van der Waals surface area (Å²) in [6, 6.07) is 5.64. The summed E-state index contributed by atoms with van der Waals surface area (Å²) in [4.78, 5) is 26.1. The average Bonchev–Trinajstić information content (AvgIpc) is 2.71. The quantitative estimate of drug-likeness (QED) is 0.632. The molecule has 2 atom stereocenters. The fourth-order valence-electron chi connectivity index (χ4n) is 2.63. The highest BCUT2D eigenvalue weighted by atomic mass is 35.5. The van der Waals surface area contributed by atoms with Crippen LogP contribution < -0.4 is 4.90 Å². The number of rotatable bonds is 3. The minimum absolute atomic E-state index is 0.0347. The minimum atomic E-state index is -0.528. The Hall–Kier alpha value is -1.35. The maximum Gasteiger partial charge on any atom is 0.229 e. The first-order valence-corrected chi connectivity index (χ1v) is 7.40. The Morgan fingerprint density at radius 2 is 1.95 bits per heavy atom. The van der Waals surface area contributed by atoms with Crippen LogP contribution in [0.5, 0.6) is 0 Å². The maximum absolute atomic E-state index is 12.3. The highest BCUT2D eigenvalue weighted by molar-refractivity contribution is 6.33. The zero-order valence-corrected chi connectivity index (χ0v) is 13.1. The molecule has 0 bridgehead atoms. The summed E-state index contributed by atoms with van der Waals surface area (Å²) in [6.07, 6.45) is 0.783. The van der Waals surface area contributed by atoms with Crippen LogP contribution in [0.25, 0.3) is 0 Å². The molecular weight excluding hydrogens is 274 g/mol. The SMILES string of the molecule is CC(C)C(=O)N1c2ccc(C(=O)C(C)Cl)cc2CC1C. The van der Waals surface area contributed by atoms with Crippen LogP contribution in [-0.4, -0.2) is 23.1 Å². The van der Waals surface area contributed by atoms with E-state index in [1.807, 2.05) is 37.8 Å². The van der Waals surface area contributed by atoms with Crippen LogP contribution in [-0.2, 0) is 11.2 Å². The van der Waals surface area contributed by atoms with E-state index in [4.69, 9.17) is 11.6 Å². The number of ketones is 1. The molecule has 0 aromatic heterocycles. The van der Waals surface area contributed by atoms with E-state index in [2.05, 4.69) is 0 Å². The molecule has 2 unspecified atom stereocenters. The van der Waals surface area contributed by atoms with Crippen molar-refractivity contribution in [2.75, 3.05) is 4.90 Å². The second-order valence-corrected chi connectivity index (χ2v) is 6.39. The van der Waals surface area contributed by atoms with Gasteiger partial charge in [-0.3, -0.25) is 9.59 Å². The van der Waals surface area contributed by atoms with E-state index in [1.54, 1.807) is 13.0 Å². The standard InChI is InChI=1S/C16H20ClNO2/c1-9(2)16(20)18-10(3)7-13-8-12(5-6-14(13)18)15(19)11(4)17/h5-6,8-11H,7H2,1-4H3. The molecule has 2 rings (SSSR count). The average molecular weight is 294 g/mol. The van der Waals surface area contributed by atoms with Gasteiger partial charge in [0, 0.05) is 23.2 Å². The first kappa shape index (κ1) is 15.0. The van der Waals surface area contributed by atoms with Gasteiger partial charge < -0.3 is 4.90 Å². The van der Waals surface area contributed by atoms with Gasteiger partial charge in [-0.1, -0.05) is 13.8 Å². The third-order valence-electron chi connectivity index (χ3n) is 3.67. The lowest BCUT2D eigenvalue weighted by atomic mass is 10.0. The Labute approximate surface area is 124 Å². The van der Waals surface area contributed by atoms with Crippen LogP contribution in [0.2, 0.25) is 0 Å². The van der Waals surface area contributed by atoms with E-state index in [0.29, 0.717) is 5.56 Å². The lowest BCUT2D eigenvalue weighted by molar-refractivity contribution is -0.121. The van der Waals surface area contributed by atoms with E-state index >= 15 is 0 Å². The van der Waals surface area contributed by atoms with Crippen molar-refractivity contribution in [2.24, 2.45) is 5.92 Å². The number of nitrogens with zero attached hydrogens (tertiary/aromatic N) is 1. The Morgan fingerprint density at radius 3 is 2.50 bits per heavy atom. The Morgan fingerprint density at radius 1 is 1.30 bits per heavy atom. The van der Waals surface area contributed by atoms with Gasteiger partial charge in [0.05, 0.1) is 5.38 Å². The largest absolute Gasteiger partial charge is 0.309 e. The van der Waals surface area contributed by atoms with E-state index < -0.39 is 5.38 Å². The molecule has 0 fully saturated rings. The highest BCUT2D eigenvalue weighted by Crippen LogP contribution is 2.34. The van der Waals surface area contributed by atoms with Crippen LogP contribution in [0.15, 0.2) is 18.2 Å². The summed E-state index contributed by atoms with van der Waals surface area (Å²) in [5.41, 5.74) is 2.60. The predicted octanol–water partition coefficient (Wildman–Crippen LogP) is 3.43. The van der Waals surface area contributed by atoms with E-state index in [0.717, 1.165) is 17.7 Å². The molecule has 20 heavy (non-hydrogen) atoms. The molecule has 0 spiro atoms. The van der Waals surface area contributed by atoms with Crippen molar-refractivity contribution in [1.82, 2.24) is 0 Å². The summed E-state index contributed by atoms with van der Waals surface area (Å²) in [5, 5.41) is -0.528. The number of benzene rings is 1. The fraction of sp³-hybridized carbons (Fsp3) is 0.500. The van der Waals surface area contributed by atoms with Crippen molar-refractivity contribution in [1.29, 1.82) is 0 Å². The number of amides is 1. The number of anilines is 1. The summed E-state index contributed by atoms with van der Waals surface area (Å²) < 4.78 is 0. The van der Waals surface area contributed by atoms with Crippen LogP contribution in [0.4, 0.5) is 5.69 Å². The topological polar surface area (TPSA) is 37.4 Å². The van der Waals surface area contributed by atoms with Crippen molar-refractivity contribution in [3.63, 3.8) is 0 Å². The molecule has 1 aromatic rings. The van der Waals surface area contributed by atoms with Gasteiger partial charge in [-0.15, -0.1) is 11.6 Å². The Balaban J connectivity index is 2.37.